The van der Waals surface area contributed by atoms with Gasteiger partial charge in [-0.2, -0.15) is 10.4 Å². The summed E-state index contributed by atoms with van der Waals surface area (Å²) in [7, 11) is -0.173. The second kappa shape index (κ2) is 9.29. The molecule has 10 nitrogen and oxygen atoms in total. The van der Waals surface area contributed by atoms with Crippen molar-refractivity contribution in [2.24, 2.45) is 14.1 Å². The van der Waals surface area contributed by atoms with E-state index < -0.39 is 10.0 Å². The topological polar surface area (TPSA) is 128 Å². The Bertz CT molecular complexity index is 1700. The van der Waals surface area contributed by atoms with Crippen LogP contribution in [0.1, 0.15) is 5.56 Å². The van der Waals surface area contributed by atoms with E-state index in [1.807, 2.05) is 55.5 Å². The minimum Gasteiger partial charge on any atom is -0.454 e. The Morgan fingerprint density at radius 1 is 1.06 bits per heavy atom. The smallest absolute Gasteiger partial charge is 0.263 e. The lowest BCUT2D eigenvalue weighted by atomic mass is 10.1. The van der Waals surface area contributed by atoms with Crippen LogP contribution in [0.25, 0.3) is 22.4 Å². The van der Waals surface area contributed by atoms with E-state index in [9.17, 15) is 13.7 Å². The van der Waals surface area contributed by atoms with Crippen LogP contribution >= 0.6 is 11.3 Å². The maximum Gasteiger partial charge on any atom is 0.263 e. The predicted molar refractivity (Wildman–Crippen MR) is 135 cm³/mol. The lowest BCUT2D eigenvalue weighted by Crippen LogP contribution is -2.13. The molecule has 1 aromatic carbocycles. The van der Waals surface area contributed by atoms with Gasteiger partial charge < -0.3 is 9.30 Å². The summed E-state index contributed by atoms with van der Waals surface area (Å²) in [6.45, 7) is 0. The van der Waals surface area contributed by atoms with Gasteiger partial charge in [0.2, 0.25) is 0 Å². The van der Waals surface area contributed by atoms with E-state index in [4.69, 9.17) is 4.74 Å². The third kappa shape index (κ3) is 4.70. The molecule has 0 aliphatic rings. The Labute approximate surface area is 211 Å². The highest BCUT2D eigenvalue weighted by Crippen LogP contribution is 2.37. The van der Waals surface area contributed by atoms with Crippen LogP contribution in [0.15, 0.2) is 77.8 Å². The third-order valence-corrected chi connectivity index (χ3v) is 7.42. The van der Waals surface area contributed by atoms with E-state index in [1.54, 1.807) is 22.5 Å². The number of sulfonamides is 1. The molecule has 12 heteroatoms. The van der Waals surface area contributed by atoms with Crippen molar-refractivity contribution in [3.05, 3.63) is 78.5 Å². The first-order valence-corrected chi connectivity index (χ1v) is 12.9. The van der Waals surface area contributed by atoms with Gasteiger partial charge in [-0.3, -0.25) is 14.4 Å². The summed E-state index contributed by atoms with van der Waals surface area (Å²) in [5.74, 6) is 0.598. The number of aryl methyl sites for hydroxylation is 2. The summed E-state index contributed by atoms with van der Waals surface area (Å²) >= 11 is 1.16. The zero-order valence-corrected chi connectivity index (χ0v) is 20.8. The fourth-order valence-electron chi connectivity index (χ4n) is 3.54. The van der Waals surface area contributed by atoms with Crippen LogP contribution < -0.4 is 9.46 Å². The average molecular weight is 518 g/mol. The molecule has 0 saturated heterocycles. The molecule has 0 unspecified atom stereocenters. The zero-order valence-electron chi connectivity index (χ0n) is 19.2. The molecule has 0 atom stereocenters. The number of nitrogens with zero attached hydrogens (tertiary/aromatic N) is 6. The number of hydrogen-bond donors (Lipinski definition) is 1. The molecule has 0 aliphatic carbocycles. The maximum absolute atomic E-state index is 12.7. The van der Waals surface area contributed by atoms with Crippen LogP contribution in [0.3, 0.4) is 0 Å². The van der Waals surface area contributed by atoms with Crippen LogP contribution in [0.2, 0.25) is 0 Å². The van der Waals surface area contributed by atoms with E-state index in [0.717, 1.165) is 33.7 Å². The number of pyridine rings is 1. The van der Waals surface area contributed by atoms with Gasteiger partial charge in [0.15, 0.2) is 10.9 Å². The van der Waals surface area contributed by atoms with Gasteiger partial charge in [0.1, 0.15) is 11.8 Å². The lowest BCUT2D eigenvalue weighted by molar-refractivity contribution is 0.480. The van der Waals surface area contributed by atoms with Crippen molar-refractivity contribution in [2.75, 3.05) is 4.72 Å². The number of rotatable bonds is 7. The Morgan fingerprint density at radius 2 is 1.92 bits per heavy atom. The molecule has 1 N–H and O–H groups in total. The molecule has 0 bridgehead atoms. The summed E-state index contributed by atoms with van der Waals surface area (Å²) in [6.07, 6.45) is 10.5. The number of anilines is 1. The summed E-state index contributed by atoms with van der Waals surface area (Å²) in [6, 6.07) is 9.97. The largest absolute Gasteiger partial charge is 0.454 e. The minimum absolute atomic E-state index is 0.0567. The summed E-state index contributed by atoms with van der Waals surface area (Å²) in [5.41, 5.74) is 3.27. The van der Waals surface area contributed by atoms with Gasteiger partial charge in [0, 0.05) is 61.0 Å². The van der Waals surface area contributed by atoms with E-state index >= 15 is 0 Å². The lowest BCUT2D eigenvalue weighted by Gasteiger charge is -2.13. The highest BCUT2D eigenvalue weighted by Gasteiger charge is 2.20. The van der Waals surface area contributed by atoms with Crippen LogP contribution in [-0.4, -0.2) is 32.7 Å². The highest BCUT2D eigenvalue weighted by atomic mass is 32.2. The second-order valence-electron chi connectivity index (χ2n) is 7.85. The molecule has 180 valence electrons. The van der Waals surface area contributed by atoms with Gasteiger partial charge in [-0.15, -0.1) is 11.3 Å². The first-order valence-electron chi connectivity index (χ1n) is 10.6. The maximum atomic E-state index is 12.7. The van der Waals surface area contributed by atoms with Crippen molar-refractivity contribution in [3.63, 3.8) is 0 Å². The molecule has 36 heavy (non-hydrogen) atoms. The fraction of sp³-hybridized carbons (Fsp3) is 0.0833. The van der Waals surface area contributed by atoms with Crippen molar-refractivity contribution in [1.82, 2.24) is 24.3 Å². The van der Waals surface area contributed by atoms with E-state index in [0.29, 0.717) is 5.75 Å². The summed E-state index contributed by atoms with van der Waals surface area (Å²) < 4.78 is 37.6. The van der Waals surface area contributed by atoms with Gasteiger partial charge in [-0.1, -0.05) is 0 Å². The average Bonchev–Trinajstić information content (AvgIpc) is 3.62. The van der Waals surface area contributed by atoms with Gasteiger partial charge in [0.25, 0.3) is 10.0 Å². The quantitative estimate of drug-likeness (QED) is 0.339. The standard InChI is InChI=1S/C24H19N7O3S2/c1-30-7-5-16(14-30)21-10-20(18-12-28-31(2)15-18)23(13-27-21)34-22-4-3-19(9-17(22)11-25)36(32,33)29-24-26-6-8-35-24/h3-10,12-15H,1-2H3,(H,26,29). The molecule has 4 aromatic heterocycles. The number of hydrogen-bond acceptors (Lipinski definition) is 8. The van der Waals surface area contributed by atoms with Crippen LogP contribution in [0.5, 0.6) is 11.5 Å². The second-order valence-corrected chi connectivity index (χ2v) is 10.4. The Morgan fingerprint density at radius 3 is 2.58 bits per heavy atom. The SMILES string of the molecule is Cn1ccc(-c2cc(-c3cnn(C)c3)c(Oc3ccc(S(=O)(=O)Nc4nccs4)cc3C#N)cn2)c1. The molecule has 0 fully saturated rings. The fourth-order valence-corrected chi connectivity index (χ4v) is 5.36. The van der Waals surface area contributed by atoms with Gasteiger partial charge in [-0.05, 0) is 30.3 Å². The normalized spacial score (nSPS) is 11.2. The molecule has 0 amide bonds. The minimum atomic E-state index is -3.92. The summed E-state index contributed by atoms with van der Waals surface area (Å²) in [5, 5.41) is 15.9. The molecule has 0 spiro atoms. The molecule has 0 saturated carbocycles. The van der Waals surface area contributed by atoms with Crippen molar-refractivity contribution < 1.29 is 13.2 Å². The van der Waals surface area contributed by atoms with Crippen molar-refractivity contribution >= 4 is 26.5 Å². The number of thiazole rings is 1. The van der Waals surface area contributed by atoms with Crippen molar-refractivity contribution in [1.29, 1.82) is 5.26 Å². The van der Waals surface area contributed by atoms with Crippen LogP contribution in [-0.2, 0) is 24.1 Å². The number of nitrogens with one attached hydrogen (secondary N) is 1. The number of benzene rings is 1. The first kappa shape index (κ1) is 23.3. The zero-order chi connectivity index (χ0) is 25.3. The predicted octanol–water partition coefficient (Wildman–Crippen LogP) is 4.41. The highest BCUT2D eigenvalue weighted by molar-refractivity contribution is 7.93. The molecule has 5 rings (SSSR count). The Kier molecular flexibility index (Phi) is 6.01. The molecule has 0 aliphatic heterocycles. The molecular weight excluding hydrogens is 498 g/mol. The summed E-state index contributed by atoms with van der Waals surface area (Å²) in [4.78, 5) is 8.40. The number of nitriles is 1. The monoisotopic (exact) mass is 517 g/mol. The van der Waals surface area contributed by atoms with E-state index in [2.05, 4.69) is 19.8 Å². The first-order chi connectivity index (χ1) is 17.3. The van der Waals surface area contributed by atoms with Crippen LogP contribution in [0, 0.1) is 11.3 Å². The number of ether oxygens (including phenoxy) is 1. The molecular formula is C24H19N7O3S2. The van der Waals surface area contributed by atoms with Crippen molar-refractivity contribution in [2.45, 2.75) is 4.90 Å². The number of aromatic nitrogens is 5. The van der Waals surface area contributed by atoms with E-state index in [1.165, 1.54) is 24.4 Å². The van der Waals surface area contributed by atoms with Crippen molar-refractivity contribution in [3.8, 4) is 40.0 Å². The van der Waals surface area contributed by atoms with Crippen LogP contribution in [0.4, 0.5) is 5.13 Å². The van der Waals surface area contributed by atoms with Gasteiger partial charge in [-0.25, -0.2) is 13.4 Å². The van der Waals surface area contributed by atoms with E-state index in [-0.39, 0.29) is 21.3 Å². The Hall–Kier alpha value is -4.47. The van der Waals surface area contributed by atoms with Gasteiger partial charge in [0.05, 0.1) is 28.5 Å². The van der Waals surface area contributed by atoms with Gasteiger partial charge >= 0.3 is 0 Å². The Balaban J connectivity index is 1.52. The third-order valence-electron chi connectivity index (χ3n) is 5.27. The molecule has 4 heterocycles. The molecule has 5 aromatic rings. The molecule has 0 radical (unpaired) electrons.